The van der Waals surface area contributed by atoms with E-state index in [1.807, 2.05) is 18.2 Å². The predicted molar refractivity (Wildman–Crippen MR) is 179 cm³/mol. The molecule has 4 heterocycles. The first-order valence-electron chi connectivity index (χ1n) is 14.6. The highest BCUT2D eigenvalue weighted by Gasteiger charge is 2.24. The summed E-state index contributed by atoms with van der Waals surface area (Å²) in [5, 5.41) is 12.3. The van der Waals surface area contributed by atoms with Crippen molar-refractivity contribution in [1.29, 1.82) is 0 Å². The lowest BCUT2D eigenvalue weighted by molar-refractivity contribution is -0.111. The molecule has 0 bridgehead atoms. The fraction of sp³-hybridized carbons (Fsp3) is 0.273. The minimum absolute atomic E-state index is 0.286. The number of piperidine rings is 1. The SMILES string of the molecule is C=CC(=O)Nc1cc(C2CCN(CC)CC2)ccc1Nc1cc2c(cn1)cc(-c1c(Cl)c(OC)cc(OC)c1Cl)c1ncnn12. The molecule has 0 saturated carbocycles. The maximum absolute atomic E-state index is 12.4. The number of hydrogen-bond acceptors (Lipinski definition) is 8. The van der Waals surface area contributed by atoms with Gasteiger partial charge in [0, 0.05) is 34.8 Å². The minimum Gasteiger partial charge on any atom is -0.495 e. The molecule has 0 radical (unpaired) electrons. The number of fused-ring (bicyclic) bond motifs is 3. The number of amides is 1. The molecule has 1 amide bonds. The van der Waals surface area contributed by atoms with E-state index >= 15 is 0 Å². The molecule has 2 N–H and O–H groups in total. The molecule has 3 aromatic heterocycles. The van der Waals surface area contributed by atoms with Gasteiger partial charge in [-0.2, -0.15) is 5.10 Å². The van der Waals surface area contributed by atoms with Gasteiger partial charge < -0.3 is 25.0 Å². The van der Waals surface area contributed by atoms with Crippen LogP contribution in [0.5, 0.6) is 11.5 Å². The number of benzene rings is 2. The van der Waals surface area contributed by atoms with E-state index in [-0.39, 0.29) is 5.91 Å². The van der Waals surface area contributed by atoms with Crippen LogP contribution in [0.15, 0.2) is 61.6 Å². The summed E-state index contributed by atoms with van der Waals surface area (Å²) in [5.41, 5.74) is 5.02. The summed E-state index contributed by atoms with van der Waals surface area (Å²) in [4.78, 5) is 24.1. The zero-order chi connectivity index (χ0) is 31.7. The number of aromatic nitrogens is 4. The number of carbonyl (C=O) groups excluding carboxylic acids is 1. The number of hydrogen-bond donors (Lipinski definition) is 2. The lowest BCUT2D eigenvalue weighted by Gasteiger charge is -2.31. The van der Waals surface area contributed by atoms with Crippen molar-refractivity contribution in [3.8, 4) is 22.6 Å². The zero-order valence-corrected chi connectivity index (χ0v) is 26.7. The Morgan fingerprint density at radius 3 is 2.44 bits per heavy atom. The summed E-state index contributed by atoms with van der Waals surface area (Å²) in [7, 11) is 3.06. The maximum Gasteiger partial charge on any atom is 0.247 e. The van der Waals surface area contributed by atoms with Gasteiger partial charge in [0.15, 0.2) is 5.65 Å². The number of ether oxygens (including phenoxy) is 2. The zero-order valence-electron chi connectivity index (χ0n) is 25.2. The van der Waals surface area contributed by atoms with Gasteiger partial charge in [-0.1, -0.05) is 42.8 Å². The molecule has 5 aromatic rings. The van der Waals surface area contributed by atoms with Crippen LogP contribution in [0, 0.1) is 0 Å². The van der Waals surface area contributed by atoms with E-state index in [1.165, 1.54) is 32.2 Å². The van der Waals surface area contributed by atoms with Gasteiger partial charge in [0.1, 0.15) is 23.6 Å². The molecular weight excluding hydrogens is 613 g/mol. The quantitative estimate of drug-likeness (QED) is 0.160. The first-order valence-corrected chi connectivity index (χ1v) is 15.4. The smallest absolute Gasteiger partial charge is 0.247 e. The number of rotatable bonds is 9. The van der Waals surface area contributed by atoms with E-state index in [4.69, 9.17) is 32.7 Å². The summed E-state index contributed by atoms with van der Waals surface area (Å²) in [6.07, 6.45) is 6.63. The summed E-state index contributed by atoms with van der Waals surface area (Å²) >= 11 is 13.5. The van der Waals surface area contributed by atoms with Crippen LogP contribution in [0.4, 0.5) is 17.2 Å². The van der Waals surface area contributed by atoms with Crippen molar-refractivity contribution >= 4 is 62.9 Å². The van der Waals surface area contributed by atoms with Gasteiger partial charge in [0.25, 0.3) is 0 Å². The first kappa shape index (κ1) is 30.6. The number of nitrogens with zero attached hydrogens (tertiary/aromatic N) is 5. The van der Waals surface area contributed by atoms with Crippen LogP contribution >= 0.6 is 23.2 Å². The molecule has 232 valence electrons. The number of carbonyl (C=O) groups is 1. The number of anilines is 3. The van der Waals surface area contributed by atoms with Gasteiger partial charge in [-0.15, -0.1) is 0 Å². The molecule has 1 fully saturated rings. The fourth-order valence-electron chi connectivity index (χ4n) is 5.88. The third-order valence-corrected chi connectivity index (χ3v) is 9.08. The average Bonchev–Trinajstić information content (AvgIpc) is 3.57. The van der Waals surface area contributed by atoms with Crippen molar-refractivity contribution in [2.24, 2.45) is 0 Å². The Kier molecular flexibility index (Phi) is 8.80. The van der Waals surface area contributed by atoms with Crippen molar-refractivity contribution in [1.82, 2.24) is 24.5 Å². The van der Waals surface area contributed by atoms with Crippen LogP contribution in [0.3, 0.4) is 0 Å². The van der Waals surface area contributed by atoms with Crippen LogP contribution < -0.4 is 20.1 Å². The maximum atomic E-state index is 12.4. The van der Waals surface area contributed by atoms with Crippen molar-refractivity contribution in [3.63, 3.8) is 0 Å². The van der Waals surface area contributed by atoms with E-state index in [2.05, 4.69) is 56.2 Å². The molecule has 10 nitrogen and oxygen atoms in total. The van der Waals surface area contributed by atoms with Crippen molar-refractivity contribution in [2.75, 3.05) is 44.5 Å². The van der Waals surface area contributed by atoms with E-state index < -0.39 is 0 Å². The second-order valence-electron chi connectivity index (χ2n) is 10.8. The molecule has 12 heteroatoms. The molecule has 0 unspecified atom stereocenters. The van der Waals surface area contributed by atoms with Crippen molar-refractivity contribution < 1.29 is 14.3 Å². The van der Waals surface area contributed by atoms with Crippen LogP contribution in [0.25, 0.3) is 27.7 Å². The predicted octanol–water partition coefficient (Wildman–Crippen LogP) is 7.34. The molecule has 0 spiro atoms. The van der Waals surface area contributed by atoms with Crippen LogP contribution in [-0.4, -0.2) is 64.2 Å². The number of nitrogens with one attached hydrogen (secondary N) is 2. The van der Waals surface area contributed by atoms with Gasteiger partial charge in [-0.05, 0) is 68.2 Å². The Balaban J connectivity index is 1.39. The van der Waals surface area contributed by atoms with E-state index in [9.17, 15) is 4.79 Å². The Morgan fingerprint density at radius 1 is 1.04 bits per heavy atom. The lowest BCUT2D eigenvalue weighted by atomic mass is 9.89. The largest absolute Gasteiger partial charge is 0.495 e. The highest BCUT2D eigenvalue weighted by Crippen LogP contribution is 2.47. The Morgan fingerprint density at radius 2 is 1.78 bits per heavy atom. The van der Waals surface area contributed by atoms with Gasteiger partial charge in [0.05, 0.1) is 41.2 Å². The summed E-state index contributed by atoms with van der Waals surface area (Å²) in [6.45, 7) is 9.02. The Labute approximate surface area is 271 Å². The van der Waals surface area contributed by atoms with Crippen LogP contribution in [-0.2, 0) is 4.79 Å². The first-order chi connectivity index (χ1) is 21.8. The van der Waals surface area contributed by atoms with Crippen molar-refractivity contribution in [3.05, 3.63) is 77.2 Å². The Bertz CT molecular complexity index is 1890. The minimum atomic E-state index is -0.286. The fourth-order valence-corrected chi connectivity index (χ4v) is 6.58. The number of halogens is 2. The molecule has 0 atom stereocenters. The topological polar surface area (TPSA) is 106 Å². The Hall–Kier alpha value is -4.38. The van der Waals surface area contributed by atoms with Gasteiger partial charge in [-0.25, -0.2) is 14.5 Å². The highest BCUT2D eigenvalue weighted by molar-refractivity contribution is 6.41. The molecule has 2 aromatic carbocycles. The van der Waals surface area contributed by atoms with E-state index in [1.54, 1.807) is 16.8 Å². The second kappa shape index (κ2) is 12.9. The summed E-state index contributed by atoms with van der Waals surface area (Å²) in [5.74, 6) is 1.54. The summed E-state index contributed by atoms with van der Waals surface area (Å²) in [6, 6.07) is 11.6. The lowest BCUT2D eigenvalue weighted by Crippen LogP contribution is -2.32. The normalized spacial score (nSPS) is 14.1. The second-order valence-corrected chi connectivity index (χ2v) is 11.6. The van der Waals surface area contributed by atoms with Crippen LogP contribution in [0.2, 0.25) is 10.0 Å². The van der Waals surface area contributed by atoms with Crippen LogP contribution in [0.1, 0.15) is 31.2 Å². The van der Waals surface area contributed by atoms with Gasteiger partial charge in [0.2, 0.25) is 5.91 Å². The molecule has 1 saturated heterocycles. The third-order valence-electron chi connectivity index (χ3n) is 8.33. The standard InChI is InChI=1S/C33H33Cl2N7O3/c1-5-29(43)40-24-14-20(19-9-11-41(6-2)12-10-19)7-8-23(24)39-28-15-25-21(17-36-28)13-22(33-37-18-38-42(25)33)30-31(34)26(44-3)16-27(45-4)32(30)35/h5,7-8,13-19H,1,6,9-12H2,2-4H3,(H,36,39)(H,40,43). The number of likely N-dealkylation sites (tertiary alicyclic amines) is 1. The van der Waals surface area contributed by atoms with Crippen molar-refractivity contribution in [2.45, 2.75) is 25.7 Å². The monoisotopic (exact) mass is 645 g/mol. The summed E-state index contributed by atoms with van der Waals surface area (Å²) < 4.78 is 12.7. The molecular formula is C33H33Cl2N7O3. The molecule has 1 aliphatic rings. The van der Waals surface area contributed by atoms with Gasteiger partial charge >= 0.3 is 0 Å². The molecule has 1 aliphatic heterocycles. The molecule has 0 aliphatic carbocycles. The third kappa shape index (κ3) is 5.88. The van der Waals surface area contributed by atoms with E-state index in [0.29, 0.717) is 61.4 Å². The number of pyridine rings is 2. The highest BCUT2D eigenvalue weighted by atomic mass is 35.5. The van der Waals surface area contributed by atoms with Gasteiger partial charge in [-0.3, -0.25) is 4.79 Å². The molecule has 6 rings (SSSR count). The average molecular weight is 647 g/mol. The number of methoxy groups -OCH3 is 2. The van der Waals surface area contributed by atoms with E-state index in [0.717, 1.165) is 43.4 Å². The molecule has 45 heavy (non-hydrogen) atoms.